The van der Waals surface area contributed by atoms with Crippen molar-refractivity contribution in [1.29, 1.82) is 0 Å². The van der Waals surface area contributed by atoms with Gasteiger partial charge in [-0.2, -0.15) is 0 Å². The Kier molecular flexibility index (Phi) is 9.10. The lowest BCUT2D eigenvalue weighted by Gasteiger charge is -2.36. The molecular weight excluding hydrogens is 594 g/mol. The number of rotatable bonds is 6. The van der Waals surface area contributed by atoms with Crippen LogP contribution in [0.5, 0.6) is 0 Å². The highest BCUT2D eigenvalue weighted by atomic mass is 35.5. The number of nitrogens with one attached hydrogen (secondary N) is 1. The molecule has 0 spiro atoms. The SMILES string of the molecule is CC1c2c(Cl)cc(Cl)cc2CCN1C(=O)CNc1cc2cc(CC3CCCC(C(=O)OC(C)(C)C)C3)oc(=O)c2cc1F. The van der Waals surface area contributed by atoms with Gasteiger partial charge in [-0.15, -0.1) is 0 Å². The van der Waals surface area contributed by atoms with Crippen LogP contribution in [-0.4, -0.2) is 35.5 Å². The molecule has 0 bridgehead atoms. The number of halogens is 3. The molecule has 10 heteroatoms. The molecule has 0 saturated heterocycles. The fourth-order valence-electron chi connectivity index (χ4n) is 6.38. The molecular formula is C33H37Cl2FN2O5. The largest absolute Gasteiger partial charge is 0.460 e. The minimum atomic E-state index is -0.650. The van der Waals surface area contributed by atoms with Gasteiger partial charge in [0.05, 0.1) is 29.6 Å². The van der Waals surface area contributed by atoms with Crippen LogP contribution in [0, 0.1) is 17.7 Å². The lowest BCUT2D eigenvalue weighted by atomic mass is 9.79. The van der Waals surface area contributed by atoms with Gasteiger partial charge in [-0.3, -0.25) is 9.59 Å². The Morgan fingerprint density at radius 2 is 1.91 bits per heavy atom. The first-order chi connectivity index (χ1) is 20.3. The molecule has 43 heavy (non-hydrogen) atoms. The number of benzene rings is 2. The van der Waals surface area contributed by atoms with Crippen LogP contribution in [-0.2, 0) is 27.2 Å². The zero-order chi connectivity index (χ0) is 31.1. The summed E-state index contributed by atoms with van der Waals surface area (Å²) in [5.74, 6) is -0.579. The van der Waals surface area contributed by atoms with E-state index < -0.39 is 17.0 Å². The van der Waals surface area contributed by atoms with Gasteiger partial charge < -0.3 is 19.4 Å². The Bertz CT molecular complexity index is 1620. The molecule has 3 unspecified atom stereocenters. The van der Waals surface area contributed by atoms with Crippen LogP contribution in [0.4, 0.5) is 10.1 Å². The maximum atomic E-state index is 15.0. The van der Waals surface area contributed by atoms with Crippen LogP contribution in [0.3, 0.4) is 0 Å². The molecule has 1 fully saturated rings. The summed E-state index contributed by atoms with van der Waals surface area (Å²) in [6.45, 7) is 7.85. The fourth-order valence-corrected chi connectivity index (χ4v) is 7.07. The van der Waals surface area contributed by atoms with Crippen molar-refractivity contribution in [3.05, 3.63) is 73.5 Å². The van der Waals surface area contributed by atoms with Gasteiger partial charge in [0.2, 0.25) is 5.91 Å². The molecule has 1 amide bonds. The number of anilines is 1. The van der Waals surface area contributed by atoms with Gasteiger partial charge in [-0.1, -0.05) is 29.6 Å². The Morgan fingerprint density at radius 1 is 1.14 bits per heavy atom. The summed E-state index contributed by atoms with van der Waals surface area (Å²) >= 11 is 12.6. The maximum Gasteiger partial charge on any atom is 0.343 e. The van der Waals surface area contributed by atoms with Gasteiger partial charge in [0.25, 0.3) is 0 Å². The van der Waals surface area contributed by atoms with Gasteiger partial charge in [0.1, 0.15) is 17.2 Å². The predicted octanol–water partition coefficient (Wildman–Crippen LogP) is 7.49. The number of hydrogen-bond donors (Lipinski definition) is 1. The first kappa shape index (κ1) is 31.3. The number of carbonyl (C=O) groups excluding carboxylic acids is 2. The highest BCUT2D eigenvalue weighted by molar-refractivity contribution is 6.35. The quantitative estimate of drug-likeness (QED) is 0.284. The molecule has 1 aliphatic carbocycles. The van der Waals surface area contributed by atoms with Crippen molar-refractivity contribution >= 4 is 51.5 Å². The first-order valence-electron chi connectivity index (χ1n) is 14.8. The molecule has 1 N–H and O–H groups in total. The van der Waals surface area contributed by atoms with Crippen molar-refractivity contribution in [2.24, 2.45) is 11.8 Å². The summed E-state index contributed by atoms with van der Waals surface area (Å²) in [5, 5.41) is 4.65. The van der Waals surface area contributed by atoms with E-state index in [0.717, 1.165) is 36.5 Å². The van der Waals surface area contributed by atoms with E-state index >= 15 is 4.39 Å². The molecule has 2 heterocycles. The van der Waals surface area contributed by atoms with Crippen LogP contribution in [0.2, 0.25) is 10.0 Å². The Labute approximate surface area is 260 Å². The van der Waals surface area contributed by atoms with E-state index in [1.54, 1.807) is 17.0 Å². The number of hydrogen-bond acceptors (Lipinski definition) is 6. The summed E-state index contributed by atoms with van der Waals surface area (Å²) in [4.78, 5) is 40.3. The van der Waals surface area contributed by atoms with Crippen LogP contribution >= 0.6 is 23.2 Å². The highest BCUT2D eigenvalue weighted by Crippen LogP contribution is 2.37. The summed E-state index contributed by atoms with van der Waals surface area (Å²) in [7, 11) is 0. The monoisotopic (exact) mass is 630 g/mol. The fraction of sp³-hybridized carbons (Fsp3) is 0.485. The summed E-state index contributed by atoms with van der Waals surface area (Å²) in [6.07, 6.45) is 4.36. The predicted molar refractivity (Wildman–Crippen MR) is 166 cm³/mol. The lowest BCUT2D eigenvalue weighted by Crippen LogP contribution is -2.42. The first-order valence-corrected chi connectivity index (χ1v) is 15.5. The van der Waals surface area contributed by atoms with E-state index in [1.165, 1.54) is 6.07 Å². The third-order valence-corrected chi connectivity index (χ3v) is 8.88. The molecule has 1 aromatic heterocycles. The number of fused-ring (bicyclic) bond motifs is 2. The number of amides is 1. The Hall–Kier alpha value is -3.10. The van der Waals surface area contributed by atoms with Crippen LogP contribution in [0.15, 0.2) is 39.5 Å². The third-order valence-electron chi connectivity index (χ3n) is 8.35. The normalized spacial score (nSPS) is 20.5. The van der Waals surface area contributed by atoms with Gasteiger partial charge >= 0.3 is 11.6 Å². The van der Waals surface area contributed by atoms with Crippen molar-refractivity contribution in [3.63, 3.8) is 0 Å². The van der Waals surface area contributed by atoms with Crippen molar-refractivity contribution in [1.82, 2.24) is 4.90 Å². The maximum absolute atomic E-state index is 15.0. The topological polar surface area (TPSA) is 88.8 Å². The zero-order valence-electron chi connectivity index (χ0n) is 24.9. The molecule has 0 radical (unpaired) electrons. The van der Waals surface area contributed by atoms with Crippen molar-refractivity contribution in [3.8, 4) is 0 Å². The smallest absolute Gasteiger partial charge is 0.343 e. The second-order valence-electron chi connectivity index (χ2n) is 12.7. The van der Waals surface area contributed by atoms with Crippen LogP contribution in [0.25, 0.3) is 10.8 Å². The van der Waals surface area contributed by atoms with E-state index in [-0.39, 0.29) is 47.4 Å². The standard InChI is InChI=1S/C33H37Cl2FN2O5/c1-18-30-20(12-23(34)15-26(30)35)8-9-38(18)29(39)17-37-28-14-22-13-24(42-32(41)25(22)16-27(28)36)11-19-6-5-7-21(10-19)31(40)43-33(2,3)4/h12-16,18-19,21,37H,5-11,17H2,1-4H3. The summed E-state index contributed by atoms with van der Waals surface area (Å²) in [6, 6.07) is 7.72. The van der Waals surface area contributed by atoms with Crippen LogP contribution < -0.4 is 10.9 Å². The summed E-state index contributed by atoms with van der Waals surface area (Å²) in [5.41, 5.74) is 0.852. The van der Waals surface area contributed by atoms with Gasteiger partial charge in [0.15, 0.2) is 0 Å². The number of nitrogens with zero attached hydrogens (tertiary/aromatic N) is 1. The average molecular weight is 632 g/mol. The molecule has 7 nitrogen and oxygen atoms in total. The molecule has 230 valence electrons. The summed E-state index contributed by atoms with van der Waals surface area (Å²) < 4.78 is 26.2. The lowest BCUT2D eigenvalue weighted by molar-refractivity contribution is -0.161. The van der Waals surface area contributed by atoms with Crippen LogP contribution in [0.1, 0.15) is 76.3 Å². The molecule has 2 aliphatic rings. The third kappa shape index (κ3) is 7.18. The minimum Gasteiger partial charge on any atom is -0.460 e. The van der Waals surface area contributed by atoms with Crippen molar-refractivity contribution in [2.45, 2.75) is 77.9 Å². The second kappa shape index (κ2) is 12.5. The molecule has 1 saturated carbocycles. The number of esters is 1. The average Bonchev–Trinajstić information content (AvgIpc) is 2.91. The Balaban J connectivity index is 1.28. The number of carbonyl (C=O) groups is 2. The van der Waals surface area contributed by atoms with Crippen molar-refractivity contribution < 1.29 is 23.1 Å². The molecule has 3 atom stereocenters. The van der Waals surface area contributed by atoms with Gasteiger partial charge in [-0.25, -0.2) is 9.18 Å². The minimum absolute atomic E-state index is 0.120. The van der Waals surface area contributed by atoms with Gasteiger partial charge in [-0.05, 0) is 106 Å². The number of ether oxygens (including phenoxy) is 1. The van der Waals surface area contributed by atoms with E-state index in [1.807, 2.05) is 33.8 Å². The highest BCUT2D eigenvalue weighted by Gasteiger charge is 2.32. The van der Waals surface area contributed by atoms with Gasteiger partial charge in [0, 0.05) is 23.0 Å². The van der Waals surface area contributed by atoms with E-state index in [2.05, 4.69) is 5.32 Å². The van der Waals surface area contributed by atoms with Crippen molar-refractivity contribution in [2.75, 3.05) is 18.4 Å². The van der Waals surface area contributed by atoms with E-state index in [0.29, 0.717) is 47.0 Å². The molecule has 1 aliphatic heterocycles. The zero-order valence-corrected chi connectivity index (χ0v) is 26.4. The Morgan fingerprint density at radius 3 is 2.65 bits per heavy atom. The second-order valence-corrected chi connectivity index (χ2v) is 13.6. The molecule has 5 rings (SSSR count). The van der Waals surface area contributed by atoms with E-state index in [9.17, 15) is 14.4 Å². The van der Waals surface area contributed by atoms with E-state index in [4.69, 9.17) is 32.4 Å². The molecule has 2 aromatic carbocycles. The molecule has 3 aromatic rings.